The minimum atomic E-state index is -2.79. The van der Waals surface area contributed by atoms with Gasteiger partial charge in [-0.1, -0.05) is 27.7 Å². The molecule has 0 aliphatic rings. The van der Waals surface area contributed by atoms with Gasteiger partial charge >= 0.3 is 8.80 Å². The smallest absolute Gasteiger partial charge is 0.356 e. The Bertz CT molecular complexity index is 186. The summed E-state index contributed by atoms with van der Waals surface area (Å²) in [7, 11) is -2.79. The second kappa shape index (κ2) is 14.9. The van der Waals surface area contributed by atoms with Crippen molar-refractivity contribution in [3.63, 3.8) is 0 Å². The summed E-state index contributed by atoms with van der Waals surface area (Å²) >= 11 is 0. The van der Waals surface area contributed by atoms with E-state index in [-0.39, 0.29) is 20.4 Å². The average Bonchev–Trinajstić information content (AvgIpc) is 2.51. The molecule has 0 fully saturated rings. The van der Waals surface area contributed by atoms with Crippen LogP contribution >= 0.6 is 0 Å². The number of hydrogen-bond donors (Lipinski definition) is 0. The van der Waals surface area contributed by atoms with Gasteiger partial charge in [-0.3, -0.25) is 0 Å². The first-order chi connectivity index (χ1) is 10.2. The lowest BCUT2D eigenvalue weighted by atomic mass is 10.5. The molecule has 0 spiro atoms. The van der Waals surface area contributed by atoms with Crippen LogP contribution in [0, 0.1) is 0 Å². The fraction of sp³-hybridized carbons (Fsp3) is 1.00. The molecule has 0 aliphatic heterocycles. The van der Waals surface area contributed by atoms with Gasteiger partial charge in [0, 0.05) is 25.9 Å². The van der Waals surface area contributed by atoms with E-state index >= 15 is 0 Å². The molecule has 0 radical (unpaired) electrons. The van der Waals surface area contributed by atoms with E-state index in [1.54, 1.807) is 0 Å². The summed E-state index contributed by atoms with van der Waals surface area (Å²) in [6.07, 6.45) is 2.85. The van der Waals surface area contributed by atoms with Gasteiger partial charge < -0.3 is 27.5 Å². The molecule has 0 N–H and O–H groups in total. The molecule has 0 saturated heterocycles. The van der Waals surface area contributed by atoms with Crippen LogP contribution in [0.3, 0.4) is 0 Å². The van der Waals surface area contributed by atoms with Crippen LogP contribution in [0.1, 0.15) is 47.0 Å². The summed E-state index contributed by atoms with van der Waals surface area (Å²) in [6, 6.07) is 0.646. The van der Waals surface area contributed by atoms with E-state index in [0.29, 0.717) is 25.9 Å². The molecule has 0 amide bonds. The lowest BCUT2D eigenvalue weighted by Gasteiger charge is -2.28. The van der Waals surface area contributed by atoms with Gasteiger partial charge in [0.1, 0.15) is 20.4 Å². The predicted octanol–water partition coefficient (Wildman–Crippen LogP) is 3.15. The van der Waals surface area contributed by atoms with Crippen molar-refractivity contribution in [2.75, 3.05) is 40.2 Å². The summed E-state index contributed by atoms with van der Waals surface area (Å²) < 4.78 is 33.4. The maximum Gasteiger partial charge on any atom is 0.505 e. The van der Waals surface area contributed by atoms with Crippen LogP contribution < -0.4 is 0 Å². The second-order valence-electron chi connectivity index (χ2n) is 4.55. The Morgan fingerprint density at radius 1 is 0.571 bits per heavy atom. The summed E-state index contributed by atoms with van der Waals surface area (Å²) in [5.74, 6) is 0. The van der Waals surface area contributed by atoms with Crippen molar-refractivity contribution >= 4 is 8.80 Å². The van der Waals surface area contributed by atoms with Crippen molar-refractivity contribution in [3.8, 4) is 0 Å². The van der Waals surface area contributed by atoms with Gasteiger partial charge in [-0.25, -0.2) is 0 Å². The normalized spacial score (nSPS) is 12.0. The molecule has 0 aromatic heterocycles. The van der Waals surface area contributed by atoms with Gasteiger partial charge in [0.15, 0.2) is 0 Å². The van der Waals surface area contributed by atoms with E-state index < -0.39 is 8.80 Å². The van der Waals surface area contributed by atoms with Crippen LogP contribution in [0.15, 0.2) is 0 Å². The van der Waals surface area contributed by atoms with E-state index in [2.05, 4.69) is 20.8 Å². The molecule has 128 valence electrons. The Balaban J connectivity index is 4.22. The van der Waals surface area contributed by atoms with Crippen molar-refractivity contribution in [1.82, 2.24) is 0 Å². The molecule has 7 heteroatoms. The van der Waals surface area contributed by atoms with Crippen molar-refractivity contribution in [3.05, 3.63) is 0 Å². The molecule has 0 heterocycles. The van der Waals surface area contributed by atoms with Gasteiger partial charge in [0.05, 0.1) is 0 Å². The van der Waals surface area contributed by atoms with E-state index in [1.807, 2.05) is 6.92 Å². The fourth-order valence-corrected chi connectivity index (χ4v) is 3.09. The van der Waals surface area contributed by atoms with Crippen LogP contribution in [-0.4, -0.2) is 49.0 Å². The van der Waals surface area contributed by atoms with Crippen LogP contribution in [0.2, 0.25) is 6.04 Å². The Morgan fingerprint density at radius 3 is 1.14 bits per heavy atom. The van der Waals surface area contributed by atoms with Crippen LogP contribution in [0.4, 0.5) is 0 Å². The third kappa shape index (κ3) is 11.2. The maximum absolute atomic E-state index is 5.75. The highest BCUT2D eigenvalue weighted by atomic mass is 28.4. The van der Waals surface area contributed by atoms with Gasteiger partial charge in [0.25, 0.3) is 0 Å². The molecule has 0 aromatic carbocycles. The SMILES string of the molecule is CCCOCO[Si](CC)(OCOCCC)OCOCCC. The molecule has 0 aliphatic carbocycles. The zero-order valence-electron chi connectivity index (χ0n) is 14.0. The Kier molecular flexibility index (Phi) is 14.9. The van der Waals surface area contributed by atoms with Crippen LogP contribution in [-0.2, 0) is 27.5 Å². The van der Waals surface area contributed by atoms with Crippen LogP contribution in [0.5, 0.6) is 0 Å². The fourth-order valence-electron chi connectivity index (χ4n) is 1.44. The Labute approximate surface area is 130 Å². The van der Waals surface area contributed by atoms with Crippen molar-refractivity contribution in [2.24, 2.45) is 0 Å². The van der Waals surface area contributed by atoms with E-state index in [1.165, 1.54) is 0 Å². The van der Waals surface area contributed by atoms with Gasteiger partial charge in [0.2, 0.25) is 0 Å². The minimum absolute atomic E-state index is 0.176. The highest BCUT2D eigenvalue weighted by Gasteiger charge is 2.40. The lowest BCUT2D eigenvalue weighted by Crippen LogP contribution is -2.47. The average molecular weight is 324 g/mol. The summed E-state index contributed by atoms with van der Waals surface area (Å²) in [6.45, 7) is 10.6. The molecule has 0 bridgehead atoms. The topological polar surface area (TPSA) is 55.4 Å². The van der Waals surface area contributed by atoms with Crippen molar-refractivity contribution in [2.45, 2.75) is 53.0 Å². The molecule has 0 aromatic rings. The molecule has 0 saturated carbocycles. The first-order valence-corrected chi connectivity index (χ1v) is 9.82. The van der Waals surface area contributed by atoms with E-state index in [0.717, 1.165) is 19.3 Å². The second-order valence-corrected chi connectivity index (χ2v) is 7.49. The van der Waals surface area contributed by atoms with Gasteiger partial charge in [-0.05, 0) is 19.3 Å². The summed E-state index contributed by atoms with van der Waals surface area (Å²) in [5, 5.41) is 0. The highest BCUT2D eigenvalue weighted by molar-refractivity contribution is 6.60. The number of ether oxygens (including phenoxy) is 3. The predicted molar refractivity (Wildman–Crippen MR) is 82.8 cm³/mol. The third-order valence-corrected chi connectivity index (χ3v) is 5.10. The zero-order chi connectivity index (χ0) is 15.8. The first kappa shape index (κ1) is 21.0. The first-order valence-electron chi connectivity index (χ1n) is 7.89. The molecular formula is C14H32O6Si. The van der Waals surface area contributed by atoms with Gasteiger partial charge in [-0.15, -0.1) is 0 Å². The number of hydrogen-bond acceptors (Lipinski definition) is 6. The van der Waals surface area contributed by atoms with E-state index in [9.17, 15) is 0 Å². The summed E-state index contributed by atoms with van der Waals surface area (Å²) in [5.41, 5.74) is 0. The summed E-state index contributed by atoms with van der Waals surface area (Å²) in [4.78, 5) is 0. The standard InChI is InChI=1S/C14H32O6Si/c1-5-9-15-12-18-21(8-4,19-13-16-10-6-2)20-14-17-11-7-3/h5-14H2,1-4H3. The zero-order valence-corrected chi connectivity index (χ0v) is 15.0. The van der Waals surface area contributed by atoms with Gasteiger partial charge in [-0.2, -0.15) is 0 Å². The number of rotatable bonds is 16. The maximum atomic E-state index is 5.75. The minimum Gasteiger partial charge on any atom is -0.356 e. The third-order valence-electron chi connectivity index (χ3n) is 2.56. The monoisotopic (exact) mass is 324 g/mol. The highest BCUT2D eigenvalue weighted by Crippen LogP contribution is 2.16. The molecule has 0 unspecified atom stereocenters. The lowest BCUT2D eigenvalue weighted by molar-refractivity contribution is -0.103. The molecule has 6 nitrogen and oxygen atoms in total. The molecular weight excluding hydrogens is 292 g/mol. The molecule has 0 rings (SSSR count). The van der Waals surface area contributed by atoms with Crippen LogP contribution in [0.25, 0.3) is 0 Å². The van der Waals surface area contributed by atoms with Crippen molar-refractivity contribution < 1.29 is 27.5 Å². The Morgan fingerprint density at radius 2 is 0.905 bits per heavy atom. The Hall–Kier alpha value is -0.0231. The molecule has 0 atom stereocenters. The largest absolute Gasteiger partial charge is 0.505 e. The quantitative estimate of drug-likeness (QED) is 0.247. The van der Waals surface area contributed by atoms with E-state index in [4.69, 9.17) is 27.5 Å². The van der Waals surface area contributed by atoms with Crippen molar-refractivity contribution in [1.29, 1.82) is 0 Å². The molecule has 21 heavy (non-hydrogen) atoms.